The van der Waals surface area contributed by atoms with Crippen molar-refractivity contribution in [2.45, 2.75) is 64.7 Å². The van der Waals surface area contributed by atoms with Crippen LogP contribution in [0.3, 0.4) is 0 Å². The summed E-state index contributed by atoms with van der Waals surface area (Å²) in [6.45, 7) is 10.8. The lowest BCUT2D eigenvalue weighted by Gasteiger charge is -2.27. The molecule has 43 heavy (non-hydrogen) atoms. The Labute approximate surface area is 260 Å². The van der Waals surface area contributed by atoms with Gasteiger partial charge in [0.25, 0.3) is 0 Å². The maximum atomic E-state index is 8.98. The van der Waals surface area contributed by atoms with E-state index < -0.39 is 0 Å². The van der Waals surface area contributed by atoms with E-state index in [0.717, 1.165) is 63.1 Å². The molecule has 3 nitrogen and oxygen atoms in total. The van der Waals surface area contributed by atoms with E-state index >= 15 is 0 Å². The lowest BCUT2D eigenvalue weighted by atomic mass is 9.78. The van der Waals surface area contributed by atoms with Gasteiger partial charge in [0.1, 0.15) is 12.0 Å². The molecule has 0 saturated carbocycles. The standard InChI is InChI=1S/C39H37ClN2O/c1-5-27-7-6-8-28(10-9-27)29-11-13-30(14-12-29)39(41)38-22-35-25(3)26(4)36(20-33(35)23-42-38)34-16-15-31(21-37(34)40)32-17-18-43-24(2)19-32/h7,11-16,18-23,25,28,41H,4-6,8-10H2,1-3H3. The zero-order valence-electron chi connectivity index (χ0n) is 25.1. The Kier molecular flexibility index (Phi) is 8.21. The summed E-state index contributed by atoms with van der Waals surface area (Å²) >= 11 is 6.84. The average Bonchev–Trinajstić information content (AvgIpc) is 3.28. The minimum Gasteiger partial charge on any atom is -0.461 e. The zero-order valence-corrected chi connectivity index (χ0v) is 25.9. The van der Waals surface area contributed by atoms with Gasteiger partial charge in [-0.1, -0.05) is 85.8 Å². The van der Waals surface area contributed by atoms with Crippen LogP contribution in [0.1, 0.15) is 104 Å². The van der Waals surface area contributed by atoms with Gasteiger partial charge in [-0.25, -0.2) is 0 Å². The molecule has 3 aliphatic rings. The predicted molar refractivity (Wildman–Crippen MR) is 179 cm³/mol. The maximum Gasteiger partial charge on any atom is 0.133 e. The highest BCUT2D eigenvalue weighted by Crippen LogP contribution is 2.44. The number of hydrogen-bond donors (Lipinski definition) is 1. The van der Waals surface area contributed by atoms with Gasteiger partial charge in [0, 0.05) is 33.8 Å². The lowest BCUT2D eigenvalue weighted by Crippen LogP contribution is -2.12. The molecule has 1 N–H and O–H groups in total. The molecule has 0 bridgehead atoms. The summed E-state index contributed by atoms with van der Waals surface area (Å²) in [7, 11) is 0. The van der Waals surface area contributed by atoms with Gasteiger partial charge in [-0.2, -0.15) is 0 Å². The van der Waals surface area contributed by atoms with Crippen molar-refractivity contribution in [2.75, 3.05) is 0 Å². The third-order valence-electron chi connectivity index (χ3n) is 9.12. The van der Waals surface area contributed by atoms with Crippen LogP contribution >= 0.6 is 11.6 Å². The first-order chi connectivity index (χ1) is 20.8. The van der Waals surface area contributed by atoms with Crippen molar-refractivity contribution in [1.29, 1.82) is 5.41 Å². The first-order valence-electron chi connectivity index (χ1n) is 15.2. The molecular formula is C39H37ClN2O. The molecule has 0 spiro atoms. The fourth-order valence-corrected chi connectivity index (χ4v) is 6.67. The van der Waals surface area contributed by atoms with Gasteiger partial charge in [-0.05, 0) is 103 Å². The number of benzene rings is 2. The summed E-state index contributed by atoms with van der Waals surface area (Å²) in [4.78, 5) is 4.73. The van der Waals surface area contributed by atoms with Crippen LogP contribution in [0.4, 0.5) is 0 Å². The Morgan fingerprint density at radius 3 is 2.67 bits per heavy atom. The van der Waals surface area contributed by atoms with Gasteiger partial charge in [-0.3, -0.25) is 10.4 Å². The Balaban J connectivity index is 1.23. The molecule has 6 rings (SSSR count). The Morgan fingerprint density at radius 2 is 1.93 bits per heavy atom. The Morgan fingerprint density at radius 1 is 1.12 bits per heavy atom. The number of ether oxygens (including phenoxy) is 1. The summed E-state index contributed by atoms with van der Waals surface area (Å²) in [5.74, 6) is 1.46. The van der Waals surface area contributed by atoms with Gasteiger partial charge in [-0.15, -0.1) is 0 Å². The molecule has 216 valence electrons. The van der Waals surface area contributed by atoms with Crippen LogP contribution in [0.25, 0.3) is 17.2 Å². The second-order valence-electron chi connectivity index (χ2n) is 11.8. The fraction of sp³-hybridized carbons (Fsp3) is 0.256. The molecule has 0 saturated heterocycles. The predicted octanol–water partition coefficient (Wildman–Crippen LogP) is 10.8. The van der Waals surface area contributed by atoms with Gasteiger partial charge in [0.2, 0.25) is 0 Å². The molecule has 2 aromatic carbocycles. The van der Waals surface area contributed by atoms with E-state index in [9.17, 15) is 0 Å². The number of aromatic nitrogens is 1. The highest BCUT2D eigenvalue weighted by atomic mass is 35.5. The van der Waals surface area contributed by atoms with Crippen LogP contribution in [0.15, 0.2) is 102 Å². The zero-order chi connectivity index (χ0) is 30.1. The molecule has 1 aliphatic heterocycles. The van der Waals surface area contributed by atoms with E-state index in [2.05, 4.69) is 80.8 Å². The number of halogens is 1. The molecule has 4 heteroatoms. The lowest BCUT2D eigenvalue weighted by molar-refractivity contribution is 0.352. The fourth-order valence-electron chi connectivity index (χ4n) is 6.39. The minimum absolute atomic E-state index is 0.0613. The summed E-state index contributed by atoms with van der Waals surface area (Å²) in [5, 5.41) is 9.64. The third kappa shape index (κ3) is 5.89. The van der Waals surface area contributed by atoms with Crippen LogP contribution < -0.4 is 0 Å². The van der Waals surface area contributed by atoms with E-state index in [1.165, 1.54) is 24.8 Å². The molecule has 0 amide bonds. The van der Waals surface area contributed by atoms with E-state index in [4.69, 9.17) is 26.7 Å². The first-order valence-corrected chi connectivity index (χ1v) is 15.6. The summed E-state index contributed by atoms with van der Waals surface area (Å²) < 4.78 is 5.35. The van der Waals surface area contributed by atoms with Crippen LogP contribution in [0.2, 0.25) is 5.02 Å². The average molecular weight is 585 g/mol. The SMILES string of the molecule is C=C1C(c2ccc(C3=C=COC(C)=C3)cc2Cl)=Cc2cnc(C(=N)c3ccc(C4CCC=C(CC)CC4)cc3)cc2C1C. The largest absolute Gasteiger partial charge is 0.461 e. The van der Waals surface area contributed by atoms with E-state index in [-0.39, 0.29) is 5.92 Å². The first kappa shape index (κ1) is 28.9. The van der Waals surface area contributed by atoms with Crippen LogP contribution in [0, 0.1) is 5.41 Å². The highest BCUT2D eigenvalue weighted by Gasteiger charge is 2.25. The molecule has 2 atom stereocenters. The number of pyridine rings is 1. The van der Waals surface area contributed by atoms with Crippen LogP contribution in [-0.2, 0) is 4.74 Å². The summed E-state index contributed by atoms with van der Waals surface area (Å²) in [6.07, 6.45) is 15.9. The minimum atomic E-state index is 0.0613. The Bertz CT molecular complexity index is 1780. The number of allylic oxidation sites excluding steroid dienone is 7. The van der Waals surface area contributed by atoms with E-state index in [0.29, 0.717) is 22.3 Å². The van der Waals surface area contributed by atoms with E-state index in [1.807, 2.05) is 25.3 Å². The molecule has 3 aromatic rings. The smallest absolute Gasteiger partial charge is 0.133 e. The molecular weight excluding hydrogens is 548 g/mol. The van der Waals surface area contributed by atoms with Crippen molar-refractivity contribution in [3.05, 3.63) is 146 Å². The molecule has 0 radical (unpaired) electrons. The number of hydrogen-bond acceptors (Lipinski definition) is 3. The number of fused-ring (bicyclic) bond motifs is 1. The second kappa shape index (κ2) is 12.2. The summed E-state index contributed by atoms with van der Waals surface area (Å²) in [5.41, 5.74) is 15.2. The van der Waals surface area contributed by atoms with Gasteiger partial charge < -0.3 is 4.74 Å². The number of nitrogens with zero attached hydrogens (tertiary/aromatic N) is 1. The monoisotopic (exact) mass is 584 g/mol. The Hall–Kier alpha value is -4.17. The van der Waals surface area contributed by atoms with Crippen molar-refractivity contribution in [3.8, 4) is 0 Å². The van der Waals surface area contributed by atoms with Gasteiger partial charge in [0.15, 0.2) is 0 Å². The third-order valence-corrected chi connectivity index (χ3v) is 9.44. The normalized spacial score (nSPS) is 19.8. The number of rotatable bonds is 6. The van der Waals surface area contributed by atoms with Gasteiger partial charge in [0.05, 0.1) is 11.4 Å². The number of nitrogens with one attached hydrogen (secondary N) is 1. The van der Waals surface area contributed by atoms with Crippen molar-refractivity contribution in [1.82, 2.24) is 4.98 Å². The highest BCUT2D eigenvalue weighted by molar-refractivity contribution is 6.33. The molecule has 0 fully saturated rings. The van der Waals surface area contributed by atoms with Crippen molar-refractivity contribution >= 4 is 34.5 Å². The van der Waals surface area contributed by atoms with Crippen molar-refractivity contribution < 1.29 is 4.74 Å². The topological polar surface area (TPSA) is 46.0 Å². The van der Waals surface area contributed by atoms with Crippen LogP contribution in [0.5, 0.6) is 0 Å². The molecule has 2 heterocycles. The molecule has 2 aliphatic carbocycles. The van der Waals surface area contributed by atoms with Crippen LogP contribution in [-0.4, -0.2) is 10.7 Å². The van der Waals surface area contributed by atoms with Crippen molar-refractivity contribution in [2.24, 2.45) is 0 Å². The maximum absolute atomic E-state index is 8.98. The molecule has 1 aromatic heterocycles. The van der Waals surface area contributed by atoms with E-state index in [1.54, 1.807) is 11.8 Å². The quantitative estimate of drug-likeness (QED) is 0.178. The summed E-state index contributed by atoms with van der Waals surface area (Å²) in [6, 6.07) is 16.7. The molecule has 2 unspecified atom stereocenters. The van der Waals surface area contributed by atoms with Gasteiger partial charge >= 0.3 is 0 Å². The van der Waals surface area contributed by atoms with Crippen molar-refractivity contribution in [3.63, 3.8) is 0 Å². The second-order valence-corrected chi connectivity index (χ2v) is 12.2.